The topological polar surface area (TPSA) is 118 Å². The van der Waals surface area contributed by atoms with Gasteiger partial charge in [-0.2, -0.15) is 0 Å². The summed E-state index contributed by atoms with van der Waals surface area (Å²) in [5, 5.41) is 29.2. The molecule has 0 fully saturated rings. The van der Waals surface area contributed by atoms with E-state index >= 15 is 0 Å². The molecule has 1 atom stereocenters. The van der Waals surface area contributed by atoms with Crippen LogP contribution in [0.1, 0.15) is 29.3 Å². The van der Waals surface area contributed by atoms with Crippen molar-refractivity contribution in [3.63, 3.8) is 0 Å². The van der Waals surface area contributed by atoms with Gasteiger partial charge in [-0.3, -0.25) is 0 Å². The number of H-pyrrole nitrogens is 1. The Hall–Kier alpha value is -2.97. The van der Waals surface area contributed by atoms with Crippen LogP contribution in [0.5, 0.6) is 0 Å². The van der Waals surface area contributed by atoms with Gasteiger partial charge < -0.3 is 25.7 Å². The highest BCUT2D eigenvalue weighted by Crippen LogP contribution is 2.21. The van der Waals surface area contributed by atoms with Gasteiger partial charge in [-0.1, -0.05) is 54.6 Å². The van der Waals surface area contributed by atoms with E-state index in [1.165, 1.54) is 34.6 Å². The highest BCUT2D eigenvalue weighted by molar-refractivity contribution is 5.84. The summed E-state index contributed by atoms with van der Waals surface area (Å²) in [4.78, 5) is 12.9. The number of rotatable bonds is 9. The number of aromatic nitrogens is 1. The molecule has 0 radical (unpaired) electrons. The van der Waals surface area contributed by atoms with E-state index in [1.54, 1.807) is 0 Å². The molecule has 0 aliphatic carbocycles. The zero-order chi connectivity index (χ0) is 22.6. The second-order valence-corrected chi connectivity index (χ2v) is 7.22. The van der Waals surface area contributed by atoms with E-state index in [9.17, 15) is 4.79 Å². The van der Waals surface area contributed by atoms with Crippen LogP contribution in [0.4, 0.5) is 0 Å². The molecule has 0 aliphatic rings. The van der Waals surface area contributed by atoms with Crippen LogP contribution in [0.3, 0.4) is 0 Å². The number of carbonyl (C=O) groups is 1. The molecular weight excluding hydrogens is 394 g/mol. The minimum atomic E-state index is -1.23. The molecule has 3 aromatic rings. The second kappa shape index (κ2) is 12.7. The summed E-state index contributed by atoms with van der Waals surface area (Å²) in [6.45, 7) is 5.61. The summed E-state index contributed by atoms with van der Waals surface area (Å²) in [6, 6.07) is 16.9. The van der Waals surface area contributed by atoms with Gasteiger partial charge in [0.2, 0.25) is 0 Å². The number of carboxylic acids is 1. The number of aliphatic carboxylic acids is 1. The van der Waals surface area contributed by atoms with Crippen LogP contribution < -0.4 is 10.8 Å². The number of para-hydroxylation sites is 1. The van der Waals surface area contributed by atoms with Gasteiger partial charge >= 0.3 is 5.97 Å². The van der Waals surface area contributed by atoms with Crippen molar-refractivity contribution in [1.82, 2.24) is 15.8 Å². The first-order valence-electron chi connectivity index (χ1n) is 10.2. The summed E-state index contributed by atoms with van der Waals surface area (Å²) in [5.41, 5.74) is 8.40. The fourth-order valence-corrected chi connectivity index (χ4v) is 3.10. The van der Waals surface area contributed by atoms with Crippen LogP contribution in [0.2, 0.25) is 0 Å². The first-order valence-corrected chi connectivity index (χ1v) is 10.2. The quantitative estimate of drug-likeness (QED) is 0.231. The van der Waals surface area contributed by atoms with E-state index in [0.717, 1.165) is 25.1 Å². The minimum absolute atomic E-state index is 0.455. The van der Waals surface area contributed by atoms with Crippen LogP contribution in [0.15, 0.2) is 54.6 Å². The average molecular weight is 426 g/mol. The lowest BCUT2D eigenvalue weighted by Gasteiger charge is -2.06. The highest BCUT2D eigenvalue weighted by atomic mass is 16.5. The maximum atomic E-state index is 9.45. The molecule has 7 heteroatoms. The van der Waals surface area contributed by atoms with Crippen molar-refractivity contribution in [3.05, 3.63) is 77.0 Å². The van der Waals surface area contributed by atoms with Gasteiger partial charge in [0.05, 0.1) is 0 Å². The first-order chi connectivity index (χ1) is 14.9. The fraction of sp³-hybridized carbons (Fsp3) is 0.292. The van der Waals surface area contributed by atoms with Crippen molar-refractivity contribution in [2.24, 2.45) is 0 Å². The SMILES string of the molecule is CC(O)C(=O)O.Cc1[nH]c2ccccc2c1CCNCc1ccc(/C=C/CNO)cc1. The van der Waals surface area contributed by atoms with E-state index in [0.29, 0.717) is 6.54 Å². The molecule has 7 nitrogen and oxygen atoms in total. The van der Waals surface area contributed by atoms with Gasteiger partial charge in [0, 0.05) is 29.7 Å². The molecule has 166 valence electrons. The third kappa shape index (κ3) is 7.99. The van der Waals surface area contributed by atoms with Gasteiger partial charge in [-0.05, 0) is 49.6 Å². The molecule has 0 amide bonds. The normalized spacial score (nSPS) is 12.0. The van der Waals surface area contributed by atoms with Crippen molar-refractivity contribution >= 4 is 22.9 Å². The summed E-state index contributed by atoms with van der Waals surface area (Å²) in [6.07, 6.45) is 3.66. The van der Waals surface area contributed by atoms with Crippen LogP contribution in [0, 0.1) is 6.92 Å². The molecule has 0 aliphatic heterocycles. The summed E-state index contributed by atoms with van der Waals surface area (Å²) >= 11 is 0. The molecule has 0 saturated carbocycles. The Kier molecular flexibility index (Phi) is 9.93. The predicted molar refractivity (Wildman–Crippen MR) is 123 cm³/mol. The van der Waals surface area contributed by atoms with Crippen LogP contribution >= 0.6 is 0 Å². The summed E-state index contributed by atoms with van der Waals surface area (Å²) in [5.74, 6) is -1.19. The van der Waals surface area contributed by atoms with Gasteiger partial charge in [-0.25, -0.2) is 10.3 Å². The first kappa shape index (κ1) is 24.3. The zero-order valence-electron chi connectivity index (χ0n) is 17.9. The third-order valence-electron chi connectivity index (χ3n) is 4.76. The number of hydroxylamine groups is 1. The molecule has 0 spiro atoms. The number of aromatic amines is 1. The monoisotopic (exact) mass is 425 g/mol. The largest absolute Gasteiger partial charge is 0.479 e. The van der Waals surface area contributed by atoms with Gasteiger partial charge in [0.25, 0.3) is 0 Å². The molecule has 3 rings (SSSR count). The molecule has 1 unspecified atom stereocenters. The maximum absolute atomic E-state index is 9.45. The molecule has 6 N–H and O–H groups in total. The molecule has 2 aromatic carbocycles. The average Bonchev–Trinajstić information content (AvgIpc) is 3.08. The summed E-state index contributed by atoms with van der Waals surface area (Å²) < 4.78 is 0. The zero-order valence-corrected chi connectivity index (χ0v) is 17.9. The van der Waals surface area contributed by atoms with Crippen molar-refractivity contribution in [2.45, 2.75) is 32.9 Å². The van der Waals surface area contributed by atoms with Crippen molar-refractivity contribution < 1.29 is 20.2 Å². The number of benzene rings is 2. The number of fused-ring (bicyclic) bond motifs is 1. The lowest BCUT2D eigenvalue weighted by molar-refractivity contribution is -0.145. The molecular formula is C24H31N3O4. The number of hydrogen-bond acceptors (Lipinski definition) is 5. The van der Waals surface area contributed by atoms with E-state index in [2.05, 4.69) is 71.2 Å². The molecule has 1 heterocycles. The molecule has 0 saturated heterocycles. The van der Waals surface area contributed by atoms with Crippen molar-refractivity contribution in [2.75, 3.05) is 13.1 Å². The van der Waals surface area contributed by atoms with E-state index in [-0.39, 0.29) is 0 Å². The van der Waals surface area contributed by atoms with Gasteiger partial charge in [-0.15, -0.1) is 0 Å². The lowest BCUT2D eigenvalue weighted by atomic mass is 10.1. The van der Waals surface area contributed by atoms with Crippen molar-refractivity contribution in [3.8, 4) is 0 Å². The van der Waals surface area contributed by atoms with Gasteiger partial charge in [0.1, 0.15) is 6.10 Å². The Morgan fingerprint density at radius 2 is 1.84 bits per heavy atom. The fourth-order valence-electron chi connectivity index (χ4n) is 3.10. The van der Waals surface area contributed by atoms with E-state index < -0.39 is 12.1 Å². The number of aliphatic hydroxyl groups is 1. The smallest absolute Gasteiger partial charge is 0.332 e. The molecule has 1 aromatic heterocycles. The Bertz CT molecular complexity index is 978. The minimum Gasteiger partial charge on any atom is -0.479 e. The Morgan fingerprint density at radius 3 is 2.48 bits per heavy atom. The Balaban J connectivity index is 0.000000501. The standard InChI is InChI=1S/C21H25N3O.C3H6O3/c1-16-19(20-6-2-3-7-21(20)24-16)12-14-22-15-18-10-8-17(9-11-18)5-4-13-23-25;1-2(4)3(5)6/h2-11,22-25H,12-15H2,1H3;2,4H,1H3,(H,5,6)/b5-4+;. The number of carboxylic acid groups (broad SMARTS) is 1. The van der Waals surface area contributed by atoms with Crippen molar-refractivity contribution in [1.29, 1.82) is 0 Å². The van der Waals surface area contributed by atoms with E-state index in [4.69, 9.17) is 15.4 Å². The Labute approximate surface area is 182 Å². The maximum Gasteiger partial charge on any atom is 0.332 e. The third-order valence-corrected chi connectivity index (χ3v) is 4.76. The number of hydrogen-bond donors (Lipinski definition) is 6. The number of aryl methyl sites for hydroxylation is 1. The van der Waals surface area contributed by atoms with Crippen LogP contribution in [0.25, 0.3) is 17.0 Å². The Morgan fingerprint density at radius 1 is 1.16 bits per heavy atom. The number of nitrogens with one attached hydrogen (secondary N) is 3. The van der Waals surface area contributed by atoms with Crippen LogP contribution in [-0.4, -0.2) is 45.6 Å². The lowest BCUT2D eigenvalue weighted by Crippen LogP contribution is -2.16. The molecule has 31 heavy (non-hydrogen) atoms. The predicted octanol–water partition coefficient (Wildman–Crippen LogP) is 3.25. The van der Waals surface area contributed by atoms with Crippen LogP contribution in [-0.2, 0) is 17.8 Å². The second-order valence-electron chi connectivity index (χ2n) is 7.22. The van der Waals surface area contributed by atoms with E-state index in [1.807, 2.05) is 12.2 Å². The number of aliphatic hydroxyl groups excluding tert-OH is 1. The summed E-state index contributed by atoms with van der Waals surface area (Å²) in [7, 11) is 0. The van der Waals surface area contributed by atoms with Gasteiger partial charge in [0.15, 0.2) is 0 Å². The molecule has 0 bridgehead atoms. The highest BCUT2D eigenvalue weighted by Gasteiger charge is 2.07.